The first-order valence-electron chi connectivity index (χ1n) is 5.98. The molecular weight excluding hydrogens is 266 g/mol. The third-order valence-electron chi connectivity index (χ3n) is 3.16. The third-order valence-corrected chi connectivity index (χ3v) is 3.55. The predicted molar refractivity (Wildman–Crippen MR) is 75.3 cm³/mol. The van der Waals surface area contributed by atoms with Crippen molar-refractivity contribution in [2.24, 2.45) is 0 Å². The molecule has 0 saturated heterocycles. The zero-order valence-electron chi connectivity index (χ0n) is 11.2. The Balaban J connectivity index is 2.80. The summed E-state index contributed by atoms with van der Waals surface area (Å²) in [6.45, 7) is 4.91. The highest BCUT2D eigenvalue weighted by molar-refractivity contribution is 6.35. The van der Waals surface area contributed by atoms with Gasteiger partial charge in [0.05, 0.1) is 12.1 Å². The quantitative estimate of drug-likeness (QED) is 0.936. The SMILES string of the molecule is COCCn1c(Cl)c(C(=O)O)c2cc(C)cc(C)c21. The number of benzene rings is 1. The Kier molecular flexibility index (Phi) is 3.83. The van der Waals surface area contributed by atoms with Crippen LogP contribution in [0.2, 0.25) is 5.15 Å². The Morgan fingerprint density at radius 3 is 2.68 bits per heavy atom. The highest BCUT2D eigenvalue weighted by Crippen LogP contribution is 2.33. The topological polar surface area (TPSA) is 51.5 Å². The van der Waals surface area contributed by atoms with Crippen LogP contribution in [-0.2, 0) is 11.3 Å². The van der Waals surface area contributed by atoms with Gasteiger partial charge in [0, 0.05) is 19.0 Å². The number of rotatable bonds is 4. The Morgan fingerprint density at radius 1 is 1.42 bits per heavy atom. The lowest BCUT2D eigenvalue weighted by Crippen LogP contribution is -2.05. The van der Waals surface area contributed by atoms with Crippen molar-refractivity contribution in [2.45, 2.75) is 20.4 Å². The van der Waals surface area contributed by atoms with Gasteiger partial charge in [-0.2, -0.15) is 0 Å². The lowest BCUT2D eigenvalue weighted by atomic mass is 10.1. The van der Waals surface area contributed by atoms with E-state index in [1.165, 1.54) is 0 Å². The van der Waals surface area contributed by atoms with Crippen LogP contribution in [0.4, 0.5) is 0 Å². The second-order valence-corrected chi connectivity index (χ2v) is 4.95. The van der Waals surface area contributed by atoms with Crippen LogP contribution >= 0.6 is 11.6 Å². The van der Waals surface area contributed by atoms with Crippen LogP contribution in [0.5, 0.6) is 0 Å². The van der Waals surface area contributed by atoms with Crippen LogP contribution in [0.15, 0.2) is 12.1 Å². The van der Waals surface area contributed by atoms with E-state index in [9.17, 15) is 9.90 Å². The van der Waals surface area contributed by atoms with Crippen molar-refractivity contribution < 1.29 is 14.6 Å². The number of ether oxygens (including phenoxy) is 1. The second kappa shape index (κ2) is 5.23. The van der Waals surface area contributed by atoms with Gasteiger partial charge in [-0.15, -0.1) is 0 Å². The first kappa shape index (κ1) is 13.9. The monoisotopic (exact) mass is 281 g/mol. The van der Waals surface area contributed by atoms with E-state index in [4.69, 9.17) is 16.3 Å². The molecule has 1 N–H and O–H groups in total. The van der Waals surface area contributed by atoms with Gasteiger partial charge in [0.25, 0.3) is 0 Å². The van der Waals surface area contributed by atoms with Crippen LogP contribution in [0.3, 0.4) is 0 Å². The molecule has 0 aliphatic heterocycles. The van der Waals surface area contributed by atoms with Crippen molar-refractivity contribution in [3.63, 3.8) is 0 Å². The molecule has 1 aromatic heterocycles. The molecule has 2 aromatic rings. The van der Waals surface area contributed by atoms with E-state index in [2.05, 4.69) is 0 Å². The Morgan fingerprint density at radius 2 is 2.11 bits per heavy atom. The maximum absolute atomic E-state index is 11.4. The number of aryl methyl sites for hydroxylation is 2. The lowest BCUT2D eigenvalue weighted by molar-refractivity contribution is 0.0699. The molecule has 0 aliphatic rings. The number of methoxy groups -OCH3 is 1. The van der Waals surface area contributed by atoms with Crippen molar-refractivity contribution in [1.82, 2.24) is 4.57 Å². The summed E-state index contributed by atoms with van der Waals surface area (Å²) in [6, 6.07) is 3.88. The highest BCUT2D eigenvalue weighted by atomic mass is 35.5. The minimum absolute atomic E-state index is 0.166. The van der Waals surface area contributed by atoms with E-state index in [0.29, 0.717) is 18.5 Å². The molecule has 1 aromatic carbocycles. The highest BCUT2D eigenvalue weighted by Gasteiger charge is 2.22. The van der Waals surface area contributed by atoms with Gasteiger partial charge in [0.15, 0.2) is 0 Å². The number of aromatic carboxylic acids is 1. The van der Waals surface area contributed by atoms with Gasteiger partial charge in [-0.3, -0.25) is 0 Å². The molecule has 4 nitrogen and oxygen atoms in total. The summed E-state index contributed by atoms with van der Waals surface area (Å²) in [5.41, 5.74) is 3.07. The molecule has 0 radical (unpaired) electrons. The average molecular weight is 282 g/mol. The van der Waals surface area contributed by atoms with E-state index in [1.54, 1.807) is 11.7 Å². The molecule has 0 spiro atoms. The van der Waals surface area contributed by atoms with Crippen molar-refractivity contribution in [3.8, 4) is 0 Å². The van der Waals surface area contributed by atoms with Gasteiger partial charge in [0.2, 0.25) is 0 Å². The molecule has 0 unspecified atom stereocenters. The van der Waals surface area contributed by atoms with Gasteiger partial charge in [0.1, 0.15) is 10.7 Å². The molecule has 0 amide bonds. The largest absolute Gasteiger partial charge is 0.478 e. The number of carboxylic acids is 1. The molecule has 1 heterocycles. The standard InChI is InChI=1S/C14H16ClNO3/c1-8-6-9(2)12-10(7-8)11(14(17)18)13(15)16(12)4-5-19-3/h6-7H,4-5H2,1-3H3,(H,17,18). The van der Waals surface area contributed by atoms with Crippen LogP contribution in [0.1, 0.15) is 21.5 Å². The Bertz CT molecular complexity index is 646. The molecule has 102 valence electrons. The molecule has 2 rings (SSSR count). The smallest absolute Gasteiger partial charge is 0.339 e. The summed E-state index contributed by atoms with van der Waals surface area (Å²) in [4.78, 5) is 11.4. The number of hydrogen-bond donors (Lipinski definition) is 1. The maximum atomic E-state index is 11.4. The Hall–Kier alpha value is -1.52. The van der Waals surface area contributed by atoms with Crippen molar-refractivity contribution in [1.29, 1.82) is 0 Å². The molecule has 0 saturated carbocycles. The fourth-order valence-electron chi connectivity index (χ4n) is 2.45. The van der Waals surface area contributed by atoms with Gasteiger partial charge in [-0.25, -0.2) is 4.79 Å². The summed E-state index contributed by atoms with van der Waals surface area (Å²) in [5, 5.41) is 10.3. The zero-order chi connectivity index (χ0) is 14.2. The maximum Gasteiger partial charge on any atom is 0.339 e. The van der Waals surface area contributed by atoms with Gasteiger partial charge in [-0.1, -0.05) is 23.2 Å². The second-order valence-electron chi connectivity index (χ2n) is 4.59. The number of carboxylic acid groups (broad SMARTS) is 1. The summed E-state index contributed by atoms with van der Waals surface area (Å²) < 4.78 is 6.86. The normalized spacial score (nSPS) is 11.2. The van der Waals surface area contributed by atoms with Crippen molar-refractivity contribution >= 4 is 28.5 Å². The van der Waals surface area contributed by atoms with E-state index in [-0.39, 0.29) is 10.7 Å². The molecule has 5 heteroatoms. The number of fused-ring (bicyclic) bond motifs is 1. The molecule has 19 heavy (non-hydrogen) atoms. The Labute approximate surface area is 116 Å². The first-order chi connectivity index (χ1) is 8.97. The van der Waals surface area contributed by atoms with Crippen LogP contribution in [0, 0.1) is 13.8 Å². The van der Waals surface area contributed by atoms with Gasteiger partial charge >= 0.3 is 5.97 Å². The van der Waals surface area contributed by atoms with Crippen LogP contribution in [0.25, 0.3) is 10.9 Å². The van der Waals surface area contributed by atoms with E-state index in [0.717, 1.165) is 16.6 Å². The fraction of sp³-hybridized carbons (Fsp3) is 0.357. The fourth-order valence-corrected chi connectivity index (χ4v) is 2.80. The summed E-state index contributed by atoms with van der Waals surface area (Å²) in [7, 11) is 1.61. The lowest BCUT2D eigenvalue weighted by Gasteiger charge is -2.08. The predicted octanol–water partition coefficient (Wildman–Crippen LogP) is 3.26. The van der Waals surface area contributed by atoms with Crippen molar-refractivity contribution in [2.75, 3.05) is 13.7 Å². The van der Waals surface area contributed by atoms with Gasteiger partial charge in [-0.05, 0) is 25.5 Å². The summed E-state index contributed by atoms with van der Waals surface area (Å²) in [6.07, 6.45) is 0. The molecule has 0 aliphatic carbocycles. The molecule has 0 bridgehead atoms. The number of nitrogens with zero attached hydrogens (tertiary/aromatic N) is 1. The van der Waals surface area contributed by atoms with E-state index < -0.39 is 5.97 Å². The number of carbonyl (C=O) groups is 1. The molecular formula is C14H16ClNO3. The summed E-state index contributed by atoms with van der Waals surface area (Å²) in [5.74, 6) is -1.00. The number of hydrogen-bond acceptors (Lipinski definition) is 2. The zero-order valence-corrected chi connectivity index (χ0v) is 11.9. The van der Waals surface area contributed by atoms with E-state index in [1.807, 2.05) is 26.0 Å². The molecule has 0 fully saturated rings. The minimum atomic E-state index is -1.00. The van der Waals surface area contributed by atoms with Crippen molar-refractivity contribution in [3.05, 3.63) is 34.0 Å². The van der Waals surface area contributed by atoms with Crippen LogP contribution < -0.4 is 0 Å². The number of halogens is 1. The van der Waals surface area contributed by atoms with Crippen LogP contribution in [-0.4, -0.2) is 29.4 Å². The average Bonchev–Trinajstić information content (AvgIpc) is 2.58. The molecule has 0 atom stereocenters. The number of aromatic nitrogens is 1. The summed E-state index contributed by atoms with van der Waals surface area (Å²) >= 11 is 6.23. The minimum Gasteiger partial charge on any atom is -0.478 e. The van der Waals surface area contributed by atoms with Gasteiger partial charge < -0.3 is 14.4 Å². The first-order valence-corrected chi connectivity index (χ1v) is 6.36. The van der Waals surface area contributed by atoms with E-state index >= 15 is 0 Å². The third kappa shape index (κ3) is 2.33.